The fraction of sp³-hybridized carbons (Fsp3) is 0.320. The minimum Gasteiger partial charge on any atom is -0.348 e. The van der Waals surface area contributed by atoms with Gasteiger partial charge in [-0.2, -0.15) is 10.1 Å². The highest BCUT2D eigenvalue weighted by molar-refractivity contribution is 7.22. The van der Waals surface area contributed by atoms with Gasteiger partial charge in [-0.25, -0.2) is 4.68 Å². The van der Waals surface area contributed by atoms with Gasteiger partial charge in [0.25, 0.3) is 0 Å². The third-order valence-corrected chi connectivity index (χ3v) is 7.04. The number of nitrogens with zero attached hydrogens (tertiary/aromatic N) is 4. The first-order valence-electron chi connectivity index (χ1n) is 10.7. The molecule has 2 heterocycles. The number of hydrogen-bond acceptors (Lipinski definition) is 5. The average Bonchev–Trinajstić information content (AvgIpc) is 3.31. The van der Waals surface area contributed by atoms with Crippen molar-refractivity contribution in [2.45, 2.75) is 40.7 Å². The number of amides is 1. The van der Waals surface area contributed by atoms with Crippen LogP contribution < -0.4 is 10.2 Å². The molecule has 0 aliphatic carbocycles. The number of anilines is 1. The van der Waals surface area contributed by atoms with Crippen LogP contribution in [-0.4, -0.2) is 34.3 Å². The van der Waals surface area contributed by atoms with Gasteiger partial charge in [-0.15, -0.1) is 0 Å². The van der Waals surface area contributed by atoms with E-state index in [0.29, 0.717) is 0 Å². The Labute approximate surface area is 192 Å². The maximum atomic E-state index is 12.7. The van der Waals surface area contributed by atoms with Crippen LogP contribution in [0.25, 0.3) is 16.0 Å². The molecule has 4 aromatic rings. The fourth-order valence-corrected chi connectivity index (χ4v) is 4.59. The summed E-state index contributed by atoms with van der Waals surface area (Å²) >= 11 is 1.56. The van der Waals surface area contributed by atoms with Crippen LogP contribution in [0, 0.1) is 27.7 Å². The van der Waals surface area contributed by atoms with Gasteiger partial charge in [-0.1, -0.05) is 47.2 Å². The molecule has 0 saturated carbocycles. The van der Waals surface area contributed by atoms with E-state index in [1.807, 2.05) is 42.6 Å². The third-order valence-electron chi connectivity index (χ3n) is 5.77. The Morgan fingerprint density at radius 1 is 1.09 bits per heavy atom. The number of carbonyl (C=O) groups excluding carboxylic acids is 1. The highest BCUT2D eigenvalue weighted by Gasteiger charge is 2.19. The number of thiazole rings is 1. The molecule has 6 nitrogen and oxygen atoms in total. The Balaban J connectivity index is 1.49. The van der Waals surface area contributed by atoms with Crippen molar-refractivity contribution in [1.82, 2.24) is 20.1 Å². The smallest absolute Gasteiger partial charge is 0.240 e. The number of fused-ring (bicyclic) bond motifs is 1. The van der Waals surface area contributed by atoms with Crippen LogP contribution in [0.3, 0.4) is 0 Å². The lowest BCUT2D eigenvalue weighted by Crippen LogP contribution is -2.36. The van der Waals surface area contributed by atoms with E-state index in [0.717, 1.165) is 32.4 Å². The van der Waals surface area contributed by atoms with Gasteiger partial charge in [0, 0.05) is 7.05 Å². The van der Waals surface area contributed by atoms with Crippen molar-refractivity contribution in [2.75, 3.05) is 18.5 Å². The zero-order valence-corrected chi connectivity index (χ0v) is 20.2. The second-order valence-corrected chi connectivity index (χ2v) is 9.45. The van der Waals surface area contributed by atoms with E-state index in [2.05, 4.69) is 61.5 Å². The largest absolute Gasteiger partial charge is 0.348 e. The molecule has 7 heteroatoms. The summed E-state index contributed by atoms with van der Waals surface area (Å²) in [5.74, 6) is -0.0330. The van der Waals surface area contributed by atoms with Crippen molar-refractivity contribution < 1.29 is 4.79 Å². The SMILES string of the molecule is Cc1ccc(-n2nc(C)c3sc(N(C)CC(=O)N[C@@H](C)c4ccc(C)c(C)c4)nc32)cc1. The summed E-state index contributed by atoms with van der Waals surface area (Å²) < 4.78 is 2.91. The topological polar surface area (TPSA) is 63.1 Å². The molecule has 166 valence electrons. The number of rotatable bonds is 6. The van der Waals surface area contributed by atoms with Crippen molar-refractivity contribution in [1.29, 1.82) is 0 Å². The standard InChI is InChI=1S/C25H29N5OS/c1-15-7-11-21(12-8-15)30-24-23(19(5)28-30)32-25(27-24)29(6)14-22(31)26-18(4)20-10-9-16(2)17(3)13-20/h7-13,18H,14H2,1-6H3,(H,26,31)/t18-/m0/s1. The molecule has 0 saturated heterocycles. The Hall–Kier alpha value is -3.19. The maximum absolute atomic E-state index is 12.7. The lowest BCUT2D eigenvalue weighted by molar-refractivity contribution is -0.120. The van der Waals surface area contributed by atoms with E-state index in [-0.39, 0.29) is 18.5 Å². The molecule has 1 amide bonds. The Morgan fingerprint density at radius 3 is 2.50 bits per heavy atom. The molecule has 0 spiro atoms. The van der Waals surface area contributed by atoms with E-state index in [1.54, 1.807) is 11.3 Å². The molecule has 4 rings (SSSR count). The number of hydrogen-bond donors (Lipinski definition) is 1. The molecule has 1 atom stereocenters. The fourth-order valence-electron chi connectivity index (χ4n) is 3.64. The van der Waals surface area contributed by atoms with Gasteiger partial charge >= 0.3 is 0 Å². The number of benzene rings is 2. The number of nitrogens with one attached hydrogen (secondary N) is 1. The third kappa shape index (κ3) is 4.39. The number of aryl methyl sites for hydroxylation is 4. The van der Waals surface area contributed by atoms with E-state index in [4.69, 9.17) is 4.98 Å². The van der Waals surface area contributed by atoms with Gasteiger partial charge in [0.1, 0.15) is 0 Å². The first-order chi connectivity index (χ1) is 15.2. The van der Waals surface area contributed by atoms with Gasteiger partial charge in [0.05, 0.1) is 28.7 Å². The van der Waals surface area contributed by atoms with Gasteiger partial charge in [-0.3, -0.25) is 4.79 Å². The molecule has 0 aliphatic rings. The summed E-state index contributed by atoms with van der Waals surface area (Å²) in [7, 11) is 1.90. The van der Waals surface area contributed by atoms with Gasteiger partial charge in [-0.05, 0) is 63.4 Å². The van der Waals surface area contributed by atoms with Gasteiger partial charge in [0.15, 0.2) is 10.8 Å². The van der Waals surface area contributed by atoms with E-state index < -0.39 is 0 Å². The predicted molar refractivity (Wildman–Crippen MR) is 132 cm³/mol. The van der Waals surface area contributed by atoms with Crippen LogP contribution >= 0.6 is 11.3 Å². The summed E-state index contributed by atoms with van der Waals surface area (Å²) in [4.78, 5) is 19.4. The predicted octanol–water partition coefficient (Wildman–Crippen LogP) is 5.03. The van der Waals surface area contributed by atoms with E-state index in [1.165, 1.54) is 16.7 Å². The second kappa shape index (κ2) is 8.74. The van der Waals surface area contributed by atoms with Gasteiger partial charge < -0.3 is 10.2 Å². The minimum atomic E-state index is -0.0529. The van der Waals surface area contributed by atoms with Crippen molar-refractivity contribution in [3.63, 3.8) is 0 Å². The second-order valence-electron chi connectivity index (χ2n) is 8.47. The molecule has 32 heavy (non-hydrogen) atoms. The monoisotopic (exact) mass is 447 g/mol. The highest BCUT2D eigenvalue weighted by atomic mass is 32.1. The summed E-state index contributed by atoms with van der Waals surface area (Å²) in [6.07, 6.45) is 0. The van der Waals surface area contributed by atoms with Crippen LogP contribution in [0.1, 0.15) is 40.9 Å². The number of carbonyl (C=O) groups is 1. The molecule has 0 fully saturated rings. The molecule has 1 N–H and O–H groups in total. The normalized spacial score (nSPS) is 12.2. The van der Waals surface area contributed by atoms with Crippen LogP contribution in [-0.2, 0) is 4.79 Å². The first kappa shape index (κ1) is 22.0. The van der Waals surface area contributed by atoms with Gasteiger partial charge in [0.2, 0.25) is 5.91 Å². The summed E-state index contributed by atoms with van der Waals surface area (Å²) in [6.45, 7) is 10.5. The molecule has 2 aromatic carbocycles. The van der Waals surface area contributed by atoms with Crippen LogP contribution in [0.15, 0.2) is 42.5 Å². The Bertz CT molecular complexity index is 1270. The summed E-state index contributed by atoms with van der Waals surface area (Å²) in [6, 6.07) is 14.5. The van der Waals surface area contributed by atoms with Crippen LogP contribution in [0.2, 0.25) is 0 Å². The van der Waals surface area contributed by atoms with E-state index in [9.17, 15) is 4.79 Å². The van der Waals surface area contributed by atoms with Crippen LogP contribution in [0.5, 0.6) is 0 Å². The van der Waals surface area contributed by atoms with Crippen molar-refractivity contribution >= 4 is 32.7 Å². The lowest BCUT2D eigenvalue weighted by atomic mass is 10.0. The highest BCUT2D eigenvalue weighted by Crippen LogP contribution is 2.32. The number of aromatic nitrogens is 3. The molecular formula is C25H29N5OS. The molecule has 0 bridgehead atoms. The lowest BCUT2D eigenvalue weighted by Gasteiger charge is -2.19. The minimum absolute atomic E-state index is 0.0330. The molecule has 0 radical (unpaired) electrons. The van der Waals surface area contributed by atoms with Crippen LogP contribution in [0.4, 0.5) is 5.13 Å². The summed E-state index contributed by atoms with van der Waals surface area (Å²) in [5.41, 5.74) is 7.53. The molecule has 2 aromatic heterocycles. The maximum Gasteiger partial charge on any atom is 0.240 e. The molecular weight excluding hydrogens is 418 g/mol. The first-order valence-corrected chi connectivity index (χ1v) is 11.6. The summed E-state index contributed by atoms with van der Waals surface area (Å²) in [5, 5.41) is 8.57. The number of likely N-dealkylation sites (N-methyl/N-ethyl adjacent to an activating group) is 1. The van der Waals surface area contributed by atoms with Crippen molar-refractivity contribution in [3.05, 3.63) is 70.4 Å². The quantitative estimate of drug-likeness (QED) is 0.450. The Morgan fingerprint density at radius 2 is 1.81 bits per heavy atom. The molecule has 0 unspecified atom stereocenters. The van der Waals surface area contributed by atoms with E-state index >= 15 is 0 Å². The average molecular weight is 448 g/mol. The zero-order valence-electron chi connectivity index (χ0n) is 19.4. The molecule has 0 aliphatic heterocycles. The zero-order chi connectivity index (χ0) is 23.0. The Kier molecular flexibility index (Phi) is 6.02. The van der Waals surface area contributed by atoms with Crippen molar-refractivity contribution in [3.8, 4) is 5.69 Å². The van der Waals surface area contributed by atoms with Crippen molar-refractivity contribution in [2.24, 2.45) is 0 Å².